The molecular formula is C17H17F5N4S. The molecule has 0 radical (unpaired) electrons. The number of benzene rings is 1. The molecule has 0 unspecified atom stereocenters. The number of aromatic nitrogens is 3. The fourth-order valence-corrected chi connectivity index (χ4v) is 3.03. The second kappa shape index (κ2) is 8.47. The molecule has 0 amide bonds. The normalized spacial score (nSPS) is 11.1. The fraction of sp³-hybridized carbons (Fsp3) is 0.294. The van der Waals surface area contributed by atoms with E-state index in [1.165, 1.54) is 19.3 Å². The van der Waals surface area contributed by atoms with Gasteiger partial charge in [0.1, 0.15) is 11.6 Å². The summed E-state index contributed by atoms with van der Waals surface area (Å²) in [7, 11) is 1.39. The second-order valence-corrected chi connectivity index (χ2v) is 6.15. The number of alkyl halides is 3. The minimum absolute atomic E-state index is 0.134. The number of anilines is 1. The summed E-state index contributed by atoms with van der Waals surface area (Å²) in [6, 6.07) is 4.47. The van der Waals surface area contributed by atoms with E-state index in [0.29, 0.717) is 10.0 Å². The minimum atomic E-state index is -4.54. The number of halogens is 5. The zero-order valence-corrected chi connectivity index (χ0v) is 15.6. The summed E-state index contributed by atoms with van der Waals surface area (Å²) >= 11 is 1.06. The molecule has 10 heteroatoms. The van der Waals surface area contributed by atoms with E-state index in [1.54, 1.807) is 0 Å². The molecule has 3 aromatic rings. The van der Waals surface area contributed by atoms with Crippen LogP contribution in [0.5, 0.6) is 0 Å². The van der Waals surface area contributed by atoms with E-state index in [2.05, 4.69) is 15.4 Å². The first kappa shape index (κ1) is 20.8. The number of aryl methyl sites for hydroxylation is 1. The molecule has 3 rings (SSSR count). The molecule has 0 aliphatic carbocycles. The van der Waals surface area contributed by atoms with Crippen LogP contribution in [0.3, 0.4) is 0 Å². The van der Waals surface area contributed by atoms with Crippen LogP contribution < -0.4 is 5.32 Å². The molecule has 0 aliphatic heterocycles. The van der Waals surface area contributed by atoms with Crippen molar-refractivity contribution in [2.24, 2.45) is 7.05 Å². The molecule has 4 nitrogen and oxygen atoms in total. The Morgan fingerprint density at radius 3 is 2.33 bits per heavy atom. The summed E-state index contributed by atoms with van der Waals surface area (Å²) in [6.07, 6.45) is -3.16. The van der Waals surface area contributed by atoms with Crippen molar-refractivity contribution in [3.8, 4) is 10.6 Å². The standard InChI is InChI=1S/C15H11F5N4S.C2H6/c1-24-11(5-13(23-24)15(18,19)20)12-7-22-14(25-12)21-6-8-9(16)3-2-4-10(8)17;1-2/h2-5,7H,6H2,1H3,(H,21,22);1-2H3. The summed E-state index contributed by atoms with van der Waals surface area (Å²) in [5, 5.41) is 6.53. The summed E-state index contributed by atoms with van der Waals surface area (Å²) in [5.41, 5.74) is -0.893. The van der Waals surface area contributed by atoms with Crippen LogP contribution >= 0.6 is 11.3 Å². The van der Waals surface area contributed by atoms with Gasteiger partial charge in [-0.3, -0.25) is 4.68 Å². The molecule has 146 valence electrons. The van der Waals surface area contributed by atoms with Crippen molar-refractivity contribution in [3.63, 3.8) is 0 Å². The molecule has 0 saturated heterocycles. The van der Waals surface area contributed by atoms with Crippen LogP contribution in [0.1, 0.15) is 25.1 Å². The Balaban J connectivity index is 0.00000126. The summed E-state index contributed by atoms with van der Waals surface area (Å²) < 4.78 is 66.4. The third-order valence-corrected chi connectivity index (χ3v) is 4.38. The Morgan fingerprint density at radius 1 is 1.15 bits per heavy atom. The third-order valence-electron chi connectivity index (χ3n) is 3.41. The lowest BCUT2D eigenvalue weighted by Gasteiger charge is -2.05. The van der Waals surface area contributed by atoms with Crippen molar-refractivity contribution in [3.05, 3.63) is 53.4 Å². The number of hydrogen-bond donors (Lipinski definition) is 1. The number of rotatable bonds is 4. The first-order chi connectivity index (χ1) is 12.8. The van der Waals surface area contributed by atoms with Gasteiger partial charge in [-0.2, -0.15) is 18.3 Å². The number of thiazole rings is 1. The number of hydrogen-bond acceptors (Lipinski definition) is 4. The van der Waals surface area contributed by atoms with Gasteiger partial charge < -0.3 is 5.32 Å². The predicted octanol–water partition coefficient (Wildman–Crippen LogP) is 5.48. The van der Waals surface area contributed by atoms with E-state index in [0.717, 1.165) is 34.2 Å². The van der Waals surface area contributed by atoms with E-state index in [4.69, 9.17) is 0 Å². The van der Waals surface area contributed by atoms with Gasteiger partial charge in [-0.25, -0.2) is 13.8 Å². The highest BCUT2D eigenvalue weighted by Gasteiger charge is 2.34. The molecule has 0 spiro atoms. The van der Waals surface area contributed by atoms with E-state index in [1.807, 2.05) is 13.8 Å². The van der Waals surface area contributed by atoms with Gasteiger partial charge in [0.05, 0.1) is 10.6 Å². The van der Waals surface area contributed by atoms with E-state index in [-0.39, 0.29) is 17.8 Å². The van der Waals surface area contributed by atoms with Crippen LogP contribution in [-0.4, -0.2) is 14.8 Å². The van der Waals surface area contributed by atoms with Crippen LogP contribution in [0.15, 0.2) is 30.5 Å². The molecule has 0 bridgehead atoms. The highest BCUT2D eigenvalue weighted by molar-refractivity contribution is 7.18. The Morgan fingerprint density at radius 2 is 1.78 bits per heavy atom. The first-order valence-corrected chi connectivity index (χ1v) is 8.81. The van der Waals surface area contributed by atoms with E-state index in [9.17, 15) is 22.0 Å². The van der Waals surface area contributed by atoms with Gasteiger partial charge in [-0.15, -0.1) is 0 Å². The quantitative estimate of drug-likeness (QED) is 0.586. The predicted molar refractivity (Wildman–Crippen MR) is 94.4 cm³/mol. The van der Waals surface area contributed by atoms with Crippen molar-refractivity contribution in [1.82, 2.24) is 14.8 Å². The summed E-state index contributed by atoms with van der Waals surface area (Å²) in [6.45, 7) is 3.87. The molecule has 0 atom stereocenters. The van der Waals surface area contributed by atoms with Crippen molar-refractivity contribution < 1.29 is 22.0 Å². The Bertz CT molecular complexity index is 881. The van der Waals surface area contributed by atoms with Gasteiger partial charge in [0.15, 0.2) is 10.8 Å². The Hall–Kier alpha value is -2.49. The molecule has 1 aromatic carbocycles. The number of nitrogens with one attached hydrogen (secondary N) is 1. The maximum Gasteiger partial charge on any atom is 0.435 e. The fourth-order valence-electron chi connectivity index (χ4n) is 2.18. The molecular weight excluding hydrogens is 387 g/mol. The Kier molecular flexibility index (Phi) is 6.53. The van der Waals surface area contributed by atoms with Gasteiger partial charge in [-0.05, 0) is 18.2 Å². The smallest absolute Gasteiger partial charge is 0.357 e. The van der Waals surface area contributed by atoms with Crippen molar-refractivity contribution in [1.29, 1.82) is 0 Å². The van der Waals surface area contributed by atoms with Crippen LogP contribution in [0.25, 0.3) is 10.6 Å². The maximum atomic E-state index is 13.6. The average Bonchev–Trinajstić information content (AvgIpc) is 3.22. The van der Waals surface area contributed by atoms with Crippen molar-refractivity contribution in [2.75, 3.05) is 5.32 Å². The van der Waals surface area contributed by atoms with Crippen molar-refractivity contribution in [2.45, 2.75) is 26.6 Å². The minimum Gasteiger partial charge on any atom is -0.357 e. The lowest BCUT2D eigenvalue weighted by molar-refractivity contribution is -0.141. The van der Waals surface area contributed by atoms with Gasteiger partial charge >= 0.3 is 6.18 Å². The molecule has 0 fully saturated rings. The van der Waals surface area contributed by atoms with Gasteiger partial charge in [0.25, 0.3) is 0 Å². The third kappa shape index (κ3) is 4.82. The van der Waals surface area contributed by atoms with Crippen LogP contribution in [0.2, 0.25) is 0 Å². The zero-order chi connectivity index (χ0) is 20.2. The summed E-state index contributed by atoms with van der Waals surface area (Å²) in [5.74, 6) is -1.38. The molecule has 0 saturated carbocycles. The maximum absolute atomic E-state index is 13.6. The van der Waals surface area contributed by atoms with Crippen LogP contribution in [0.4, 0.5) is 27.1 Å². The second-order valence-electron chi connectivity index (χ2n) is 5.12. The molecule has 2 heterocycles. The summed E-state index contributed by atoms with van der Waals surface area (Å²) in [4.78, 5) is 4.47. The lowest BCUT2D eigenvalue weighted by Crippen LogP contribution is -2.06. The monoisotopic (exact) mass is 404 g/mol. The zero-order valence-electron chi connectivity index (χ0n) is 14.7. The van der Waals surface area contributed by atoms with E-state index >= 15 is 0 Å². The lowest BCUT2D eigenvalue weighted by atomic mass is 10.2. The SMILES string of the molecule is CC.Cn1nc(C(F)(F)F)cc1-c1cnc(NCc2c(F)cccc2F)s1. The average molecular weight is 404 g/mol. The van der Waals surface area contributed by atoms with Crippen molar-refractivity contribution >= 4 is 16.5 Å². The number of nitrogens with zero attached hydrogens (tertiary/aromatic N) is 3. The molecule has 0 aliphatic rings. The first-order valence-electron chi connectivity index (χ1n) is 8.00. The van der Waals surface area contributed by atoms with Crippen LogP contribution in [-0.2, 0) is 19.8 Å². The van der Waals surface area contributed by atoms with Gasteiger partial charge in [0.2, 0.25) is 0 Å². The largest absolute Gasteiger partial charge is 0.435 e. The van der Waals surface area contributed by atoms with E-state index < -0.39 is 23.5 Å². The highest BCUT2D eigenvalue weighted by Crippen LogP contribution is 2.34. The molecule has 27 heavy (non-hydrogen) atoms. The topological polar surface area (TPSA) is 42.7 Å². The van der Waals surface area contributed by atoms with Gasteiger partial charge in [-0.1, -0.05) is 31.3 Å². The van der Waals surface area contributed by atoms with Gasteiger partial charge in [0, 0.05) is 25.4 Å². The highest BCUT2D eigenvalue weighted by atomic mass is 32.1. The molecule has 1 N–H and O–H groups in total. The molecule has 2 aromatic heterocycles. The van der Waals surface area contributed by atoms with Crippen LogP contribution in [0, 0.1) is 11.6 Å². The Labute approximate surface area is 156 Å².